The third-order valence-corrected chi connectivity index (χ3v) is 2.74. The van der Waals surface area contributed by atoms with E-state index in [0.717, 1.165) is 25.3 Å². The first-order valence-electron chi connectivity index (χ1n) is 7.21. The maximum Gasteiger partial charge on any atom is 0.233 e. The Hall–Kier alpha value is -1.16. The molecule has 0 bridgehead atoms. The molecular formula is C15H27N3O. The molecule has 0 saturated heterocycles. The maximum absolute atomic E-state index is 5.56. The van der Waals surface area contributed by atoms with Gasteiger partial charge in [0.05, 0.1) is 12.3 Å². The van der Waals surface area contributed by atoms with Gasteiger partial charge >= 0.3 is 0 Å². The van der Waals surface area contributed by atoms with Gasteiger partial charge in [0.15, 0.2) is 0 Å². The van der Waals surface area contributed by atoms with Crippen LogP contribution in [0.25, 0.3) is 0 Å². The van der Waals surface area contributed by atoms with Crippen LogP contribution in [0.2, 0.25) is 0 Å². The molecule has 0 fully saturated rings. The standard InChI is InChI=1S/C15H27N3O/c1-5-6-7-8-11-19-14-10-9-13(17-18-14)12-16-15(2,3)4/h9-10,16H,5-8,11-12H2,1-4H3. The smallest absolute Gasteiger partial charge is 0.233 e. The highest BCUT2D eigenvalue weighted by molar-refractivity contribution is 5.11. The van der Waals surface area contributed by atoms with E-state index in [1.807, 2.05) is 12.1 Å². The zero-order valence-electron chi connectivity index (χ0n) is 12.7. The number of ether oxygens (including phenoxy) is 1. The summed E-state index contributed by atoms with van der Waals surface area (Å²) < 4.78 is 5.56. The maximum atomic E-state index is 5.56. The molecule has 19 heavy (non-hydrogen) atoms. The first-order valence-corrected chi connectivity index (χ1v) is 7.21. The SMILES string of the molecule is CCCCCCOc1ccc(CNC(C)(C)C)nn1. The fourth-order valence-electron chi connectivity index (χ4n) is 1.58. The summed E-state index contributed by atoms with van der Waals surface area (Å²) in [7, 11) is 0. The second kappa shape index (κ2) is 8.10. The van der Waals surface area contributed by atoms with Crippen molar-refractivity contribution >= 4 is 0 Å². The van der Waals surface area contributed by atoms with Crippen molar-refractivity contribution < 1.29 is 4.74 Å². The van der Waals surface area contributed by atoms with Crippen LogP contribution in [-0.2, 0) is 6.54 Å². The van der Waals surface area contributed by atoms with Gasteiger partial charge < -0.3 is 10.1 Å². The van der Waals surface area contributed by atoms with Crippen LogP contribution in [0.4, 0.5) is 0 Å². The molecule has 0 unspecified atom stereocenters. The predicted octanol–water partition coefficient (Wildman–Crippen LogP) is 3.32. The van der Waals surface area contributed by atoms with Gasteiger partial charge in [-0.05, 0) is 33.3 Å². The van der Waals surface area contributed by atoms with Gasteiger partial charge in [-0.2, -0.15) is 5.10 Å². The Morgan fingerprint density at radius 3 is 2.47 bits per heavy atom. The highest BCUT2D eigenvalue weighted by atomic mass is 16.5. The number of hydrogen-bond donors (Lipinski definition) is 1. The van der Waals surface area contributed by atoms with Crippen molar-refractivity contribution in [2.24, 2.45) is 0 Å². The Bertz CT molecular complexity index is 343. The van der Waals surface area contributed by atoms with Gasteiger partial charge in [-0.1, -0.05) is 26.2 Å². The summed E-state index contributed by atoms with van der Waals surface area (Å²) in [5, 5.41) is 11.6. The molecule has 0 amide bonds. The minimum atomic E-state index is 0.0934. The molecule has 0 saturated carbocycles. The summed E-state index contributed by atoms with van der Waals surface area (Å²) in [5.41, 5.74) is 1.03. The van der Waals surface area contributed by atoms with Crippen LogP contribution in [0.15, 0.2) is 12.1 Å². The molecule has 1 aromatic rings. The van der Waals surface area contributed by atoms with Crippen molar-refractivity contribution in [1.82, 2.24) is 15.5 Å². The third-order valence-electron chi connectivity index (χ3n) is 2.74. The van der Waals surface area contributed by atoms with Crippen LogP contribution in [0, 0.1) is 0 Å². The van der Waals surface area contributed by atoms with Gasteiger partial charge in [0, 0.05) is 18.2 Å². The first kappa shape index (κ1) is 15.9. The summed E-state index contributed by atoms with van der Waals surface area (Å²) in [4.78, 5) is 0. The van der Waals surface area contributed by atoms with E-state index >= 15 is 0 Å². The molecule has 1 heterocycles. The van der Waals surface area contributed by atoms with Crippen molar-refractivity contribution in [2.75, 3.05) is 6.61 Å². The average molecular weight is 265 g/mol. The van der Waals surface area contributed by atoms with Crippen LogP contribution in [0.1, 0.15) is 59.1 Å². The molecule has 4 nitrogen and oxygen atoms in total. The molecule has 0 aliphatic rings. The van der Waals surface area contributed by atoms with Crippen molar-refractivity contribution in [3.05, 3.63) is 17.8 Å². The Labute approximate surface area is 117 Å². The fourth-order valence-corrected chi connectivity index (χ4v) is 1.58. The molecule has 0 aliphatic heterocycles. The van der Waals surface area contributed by atoms with Crippen molar-refractivity contribution in [1.29, 1.82) is 0 Å². The Balaban J connectivity index is 2.27. The number of nitrogens with one attached hydrogen (secondary N) is 1. The van der Waals surface area contributed by atoms with Crippen LogP contribution < -0.4 is 10.1 Å². The van der Waals surface area contributed by atoms with E-state index in [0.29, 0.717) is 5.88 Å². The molecular weight excluding hydrogens is 238 g/mol. The Morgan fingerprint density at radius 1 is 1.11 bits per heavy atom. The largest absolute Gasteiger partial charge is 0.477 e. The number of unbranched alkanes of at least 4 members (excludes halogenated alkanes) is 3. The average Bonchev–Trinajstić information content (AvgIpc) is 2.37. The molecule has 4 heteroatoms. The Kier molecular flexibility index (Phi) is 6.78. The zero-order valence-corrected chi connectivity index (χ0v) is 12.7. The summed E-state index contributed by atoms with van der Waals surface area (Å²) in [6.45, 7) is 10.1. The molecule has 0 radical (unpaired) electrons. The van der Waals surface area contributed by atoms with Gasteiger partial charge in [-0.25, -0.2) is 0 Å². The normalized spacial score (nSPS) is 11.6. The Morgan fingerprint density at radius 2 is 1.89 bits per heavy atom. The van der Waals surface area contributed by atoms with Crippen molar-refractivity contribution in [2.45, 2.75) is 65.5 Å². The number of aromatic nitrogens is 2. The van der Waals surface area contributed by atoms with Gasteiger partial charge in [-0.15, -0.1) is 5.10 Å². The first-order chi connectivity index (χ1) is 9.01. The van der Waals surface area contributed by atoms with Crippen LogP contribution in [0.5, 0.6) is 5.88 Å². The lowest BCUT2D eigenvalue weighted by Crippen LogP contribution is -2.35. The lowest BCUT2D eigenvalue weighted by Gasteiger charge is -2.19. The predicted molar refractivity (Wildman–Crippen MR) is 78.3 cm³/mol. The van der Waals surface area contributed by atoms with Crippen LogP contribution in [0.3, 0.4) is 0 Å². The lowest BCUT2D eigenvalue weighted by molar-refractivity contribution is 0.290. The van der Waals surface area contributed by atoms with E-state index in [9.17, 15) is 0 Å². The fraction of sp³-hybridized carbons (Fsp3) is 0.733. The monoisotopic (exact) mass is 265 g/mol. The van der Waals surface area contributed by atoms with E-state index in [1.165, 1.54) is 19.3 Å². The lowest BCUT2D eigenvalue weighted by atomic mass is 10.1. The zero-order chi connectivity index (χ0) is 14.1. The highest BCUT2D eigenvalue weighted by Crippen LogP contribution is 2.08. The third kappa shape index (κ3) is 7.78. The van der Waals surface area contributed by atoms with E-state index < -0.39 is 0 Å². The minimum absolute atomic E-state index is 0.0934. The summed E-state index contributed by atoms with van der Waals surface area (Å²) in [6, 6.07) is 3.86. The summed E-state index contributed by atoms with van der Waals surface area (Å²) >= 11 is 0. The molecule has 108 valence electrons. The molecule has 0 aliphatic carbocycles. The van der Waals surface area contributed by atoms with E-state index in [-0.39, 0.29) is 5.54 Å². The second-order valence-corrected chi connectivity index (χ2v) is 5.88. The summed E-state index contributed by atoms with van der Waals surface area (Å²) in [5.74, 6) is 0.621. The van der Waals surface area contributed by atoms with Crippen LogP contribution in [-0.4, -0.2) is 22.3 Å². The van der Waals surface area contributed by atoms with Crippen LogP contribution >= 0.6 is 0 Å². The minimum Gasteiger partial charge on any atom is -0.477 e. The van der Waals surface area contributed by atoms with E-state index in [1.54, 1.807) is 0 Å². The van der Waals surface area contributed by atoms with Gasteiger partial charge in [0.2, 0.25) is 5.88 Å². The molecule has 1 N–H and O–H groups in total. The topological polar surface area (TPSA) is 47.0 Å². The number of hydrogen-bond acceptors (Lipinski definition) is 4. The van der Waals surface area contributed by atoms with Gasteiger partial charge in [0.25, 0.3) is 0 Å². The van der Waals surface area contributed by atoms with E-state index in [2.05, 4.69) is 43.2 Å². The van der Waals surface area contributed by atoms with E-state index in [4.69, 9.17) is 4.74 Å². The summed E-state index contributed by atoms with van der Waals surface area (Å²) in [6.07, 6.45) is 4.82. The molecule has 0 atom stereocenters. The molecule has 1 rings (SSSR count). The molecule has 1 aromatic heterocycles. The van der Waals surface area contributed by atoms with Crippen molar-refractivity contribution in [3.63, 3.8) is 0 Å². The second-order valence-electron chi connectivity index (χ2n) is 5.88. The number of nitrogens with zero attached hydrogens (tertiary/aromatic N) is 2. The molecule has 0 aromatic carbocycles. The van der Waals surface area contributed by atoms with Gasteiger partial charge in [0.1, 0.15) is 0 Å². The highest BCUT2D eigenvalue weighted by Gasteiger charge is 2.09. The quantitative estimate of drug-likeness (QED) is 0.732. The number of rotatable bonds is 8. The molecule has 0 spiro atoms. The van der Waals surface area contributed by atoms with Crippen molar-refractivity contribution in [3.8, 4) is 5.88 Å². The van der Waals surface area contributed by atoms with Gasteiger partial charge in [-0.3, -0.25) is 0 Å².